The number of nitrogens with one attached hydrogen (secondary N) is 1. The van der Waals surface area contributed by atoms with Crippen molar-refractivity contribution in [3.05, 3.63) is 49.6 Å². The van der Waals surface area contributed by atoms with Crippen LogP contribution in [0.3, 0.4) is 0 Å². The lowest BCUT2D eigenvalue weighted by Crippen LogP contribution is -2.38. The number of carboxylic acids is 1. The van der Waals surface area contributed by atoms with E-state index in [1.807, 2.05) is 13.0 Å². The van der Waals surface area contributed by atoms with Gasteiger partial charge in [-0.1, -0.05) is 6.92 Å². The van der Waals surface area contributed by atoms with Crippen LogP contribution in [0.1, 0.15) is 28.6 Å². The predicted molar refractivity (Wildman–Crippen MR) is 115 cm³/mol. The first kappa shape index (κ1) is 19.8. The molecule has 0 aliphatic heterocycles. The van der Waals surface area contributed by atoms with E-state index in [0.29, 0.717) is 39.8 Å². The van der Waals surface area contributed by atoms with Crippen LogP contribution >= 0.6 is 11.3 Å². The zero-order chi connectivity index (χ0) is 21.6. The summed E-state index contributed by atoms with van der Waals surface area (Å²) in [4.78, 5) is 47.3. The number of pyridine rings is 1. The molecule has 0 amide bonds. The number of anilines is 1. The molecule has 4 aromatic heterocycles. The van der Waals surface area contributed by atoms with Crippen LogP contribution in [-0.4, -0.2) is 41.8 Å². The van der Waals surface area contributed by atoms with Crippen molar-refractivity contribution in [1.29, 1.82) is 0 Å². The molecule has 11 heteroatoms. The van der Waals surface area contributed by atoms with Crippen LogP contribution in [0.2, 0.25) is 0 Å². The van der Waals surface area contributed by atoms with Gasteiger partial charge in [0.15, 0.2) is 5.65 Å². The average molecular weight is 428 g/mol. The van der Waals surface area contributed by atoms with E-state index in [4.69, 9.17) is 0 Å². The number of fused-ring (bicyclic) bond motifs is 2. The van der Waals surface area contributed by atoms with E-state index in [2.05, 4.69) is 15.3 Å². The molecule has 0 aliphatic rings. The molecule has 0 atom stereocenters. The highest BCUT2D eigenvalue weighted by atomic mass is 32.1. The van der Waals surface area contributed by atoms with Crippen LogP contribution in [0.25, 0.3) is 21.4 Å². The molecule has 2 N–H and O–H groups in total. The topological polar surface area (TPSA) is 124 Å². The summed E-state index contributed by atoms with van der Waals surface area (Å²) in [7, 11) is 3.08. The van der Waals surface area contributed by atoms with E-state index in [1.165, 1.54) is 11.6 Å². The van der Waals surface area contributed by atoms with Gasteiger partial charge in [0.1, 0.15) is 10.3 Å². The number of aromatic carboxylic acids is 1. The summed E-state index contributed by atoms with van der Waals surface area (Å²) >= 11 is 1.15. The second-order valence-corrected chi connectivity index (χ2v) is 7.89. The van der Waals surface area contributed by atoms with Gasteiger partial charge in [0.2, 0.25) is 5.95 Å². The Labute approximate surface area is 174 Å². The zero-order valence-electron chi connectivity index (χ0n) is 16.7. The molecule has 0 spiro atoms. The summed E-state index contributed by atoms with van der Waals surface area (Å²) < 4.78 is 4.20. The number of aromatic nitrogens is 5. The second kappa shape index (κ2) is 7.41. The van der Waals surface area contributed by atoms with Gasteiger partial charge in [0.25, 0.3) is 5.56 Å². The van der Waals surface area contributed by atoms with E-state index in [-0.39, 0.29) is 17.5 Å². The average Bonchev–Trinajstić information content (AvgIpc) is 3.28. The zero-order valence-corrected chi connectivity index (χ0v) is 17.5. The molecule has 10 nitrogen and oxygen atoms in total. The number of imidazole rings is 1. The second-order valence-electron chi connectivity index (χ2n) is 6.80. The monoisotopic (exact) mass is 428 g/mol. The summed E-state index contributed by atoms with van der Waals surface area (Å²) in [6, 6.07) is 3.59. The highest BCUT2D eigenvalue weighted by molar-refractivity contribution is 7.19. The van der Waals surface area contributed by atoms with Crippen molar-refractivity contribution in [3.8, 4) is 0 Å². The van der Waals surface area contributed by atoms with Crippen molar-refractivity contribution in [1.82, 2.24) is 23.7 Å². The molecule has 156 valence electrons. The number of aryl methyl sites for hydroxylation is 1. The van der Waals surface area contributed by atoms with Gasteiger partial charge in [-0.15, -0.1) is 11.3 Å². The fourth-order valence-electron chi connectivity index (χ4n) is 3.58. The quantitative estimate of drug-likeness (QED) is 0.479. The van der Waals surface area contributed by atoms with Crippen molar-refractivity contribution in [2.45, 2.75) is 26.4 Å². The van der Waals surface area contributed by atoms with Gasteiger partial charge in [-0.2, -0.15) is 0 Å². The Balaban J connectivity index is 2.03. The van der Waals surface area contributed by atoms with Gasteiger partial charge in [-0.25, -0.2) is 19.6 Å². The normalized spacial score (nSPS) is 11.4. The molecule has 0 saturated carbocycles. The van der Waals surface area contributed by atoms with Crippen molar-refractivity contribution in [3.63, 3.8) is 0 Å². The first-order chi connectivity index (χ1) is 14.4. The Morgan fingerprint density at radius 1 is 1.30 bits per heavy atom. The molecule has 4 aromatic rings. The Hall–Kier alpha value is -3.47. The first-order valence-electron chi connectivity index (χ1n) is 9.36. The van der Waals surface area contributed by atoms with Gasteiger partial charge < -0.3 is 10.4 Å². The third-order valence-corrected chi connectivity index (χ3v) is 6.13. The molecule has 0 aliphatic carbocycles. The van der Waals surface area contributed by atoms with Gasteiger partial charge in [0.05, 0.1) is 17.5 Å². The van der Waals surface area contributed by atoms with E-state index in [1.54, 1.807) is 23.9 Å². The summed E-state index contributed by atoms with van der Waals surface area (Å²) in [6.07, 6.45) is 2.31. The van der Waals surface area contributed by atoms with Crippen molar-refractivity contribution in [2.24, 2.45) is 7.05 Å². The fraction of sp³-hybridized carbons (Fsp3) is 0.316. The maximum Gasteiger partial charge on any atom is 0.337 e. The minimum atomic E-state index is -1.21. The predicted octanol–water partition coefficient (Wildman–Crippen LogP) is 1.70. The van der Waals surface area contributed by atoms with Crippen LogP contribution in [0.4, 0.5) is 5.95 Å². The lowest BCUT2D eigenvalue weighted by atomic mass is 10.2. The summed E-state index contributed by atoms with van der Waals surface area (Å²) in [5.74, 6) is -0.685. The van der Waals surface area contributed by atoms with E-state index in [0.717, 1.165) is 15.9 Å². The molecule has 0 radical (unpaired) electrons. The highest BCUT2D eigenvalue weighted by Crippen LogP contribution is 2.31. The Morgan fingerprint density at radius 2 is 2.07 bits per heavy atom. The molecular formula is C19H20N6O4S. The van der Waals surface area contributed by atoms with Crippen molar-refractivity contribution >= 4 is 44.6 Å². The number of hydrogen-bond donors (Lipinski definition) is 2. The maximum atomic E-state index is 12.8. The minimum Gasteiger partial charge on any atom is -0.478 e. The molecule has 0 unspecified atom stereocenters. The van der Waals surface area contributed by atoms with E-state index < -0.39 is 17.2 Å². The minimum absolute atomic E-state index is 0.0569. The number of carbonyl (C=O) groups is 1. The summed E-state index contributed by atoms with van der Waals surface area (Å²) in [5, 5.41) is 13.0. The van der Waals surface area contributed by atoms with Crippen LogP contribution in [-0.2, 0) is 20.1 Å². The molecule has 0 fully saturated rings. The molecule has 0 saturated heterocycles. The van der Waals surface area contributed by atoms with Crippen LogP contribution in [0.15, 0.2) is 27.9 Å². The third kappa shape index (κ3) is 2.89. The van der Waals surface area contributed by atoms with Gasteiger partial charge in [-0.3, -0.25) is 18.5 Å². The van der Waals surface area contributed by atoms with Crippen LogP contribution < -0.4 is 16.6 Å². The third-order valence-electron chi connectivity index (χ3n) is 4.93. The molecular weight excluding hydrogens is 408 g/mol. The van der Waals surface area contributed by atoms with E-state index in [9.17, 15) is 19.5 Å². The Kier molecular flexibility index (Phi) is 4.90. The number of hydrogen-bond acceptors (Lipinski definition) is 7. The van der Waals surface area contributed by atoms with Gasteiger partial charge in [-0.05, 0) is 18.6 Å². The Morgan fingerprint density at radius 3 is 2.73 bits per heavy atom. The van der Waals surface area contributed by atoms with Crippen molar-refractivity contribution in [2.75, 3.05) is 12.4 Å². The largest absolute Gasteiger partial charge is 0.478 e. The first-order valence-corrected chi connectivity index (χ1v) is 10.2. The van der Waals surface area contributed by atoms with Gasteiger partial charge >= 0.3 is 11.7 Å². The lowest BCUT2D eigenvalue weighted by Gasteiger charge is -2.07. The molecule has 30 heavy (non-hydrogen) atoms. The molecule has 4 heterocycles. The molecule has 4 rings (SSSR count). The number of thiophene rings is 1. The van der Waals surface area contributed by atoms with Crippen molar-refractivity contribution < 1.29 is 9.90 Å². The van der Waals surface area contributed by atoms with Crippen LogP contribution in [0, 0.1) is 0 Å². The Bertz CT molecular complexity index is 1410. The fourth-order valence-corrected chi connectivity index (χ4v) is 4.87. The van der Waals surface area contributed by atoms with Gasteiger partial charge in [0, 0.05) is 31.7 Å². The number of nitrogens with zero attached hydrogens (tertiary/aromatic N) is 5. The molecule has 0 bridgehead atoms. The molecule has 0 aromatic carbocycles. The SMILES string of the molecule is CCCn1c(=O)n(C)c(=O)c2c(C(=O)O)c(Cn3c(NC)nc4cccnc43)sc21. The maximum absolute atomic E-state index is 12.8. The summed E-state index contributed by atoms with van der Waals surface area (Å²) in [5.41, 5.74) is 0.114. The lowest BCUT2D eigenvalue weighted by molar-refractivity contribution is 0.0698. The highest BCUT2D eigenvalue weighted by Gasteiger charge is 2.26. The standard InChI is InChI=1S/C19H20N6O4S/c1-4-8-24-16-13(15(26)23(3)19(24)29)12(17(27)28)11(30-16)9-25-14-10(6-5-7-21-14)22-18(25)20-2/h5-7H,4,8-9H2,1-3H3,(H,20,22)(H,27,28). The summed E-state index contributed by atoms with van der Waals surface area (Å²) in [6.45, 7) is 2.45. The van der Waals surface area contributed by atoms with E-state index >= 15 is 0 Å². The smallest absolute Gasteiger partial charge is 0.337 e. The van der Waals surface area contributed by atoms with Crippen LogP contribution in [0.5, 0.6) is 0 Å². The number of rotatable bonds is 6. The number of carboxylic acid groups (broad SMARTS) is 1.